The number of esters is 2. The minimum atomic E-state index is -1.34. The van der Waals surface area contributed by atoms with Gasteiger partial charge in [0.1, 0.15) is 0 Å². The molecule has 0 bridgehead atoms. The molecule has 2 atom stereocenters. The molecule has 1 N–H and O–H groups in total. The molecule has 0 spiro atoms. The number of carboxylic acids is 2. The molecule has 11 heteroatoms. The number of ketones is 2. The van der Waals surface area contributed by atoms with Crippen LogP contribution in [0.2, 0.25) is 0 Å². The maximum atomic E-state index is 13.0. The average Bonchev–Trinajstić information content (AvgIpc) is 3.12. The molecular weight excluding hydrogens is 760 g/mol. The van der Waals surface area contributed by atoms with E-state index in [9.17, 15) is 33.9 Å². The topological polar surface area (TPSA) is 164 Å². The zero-order valence-electron chi connectivity index (χ0n) is 36.6. The molecule has 0 amide bonds. The molecule has 59 heavy (non-hydrogen) atoms. The second-order valence-electron chi connectivity index (χ2n) is 16.1. The summed E-state index contributed by atoms with van der Waals surface area (Å²) in [5, 5.41) is 19.5. The Morgan fingerprint density at radius 1 is 0.610 bits per heavy atom. The van der Waals surface area contributed by atoms with Gasteiger partial charge in [-0.2, -0.15) is 0 Å². The molecule has 2 aliphatic rings. The van der Waals surface area contributed by atoms with Crippen molar-refractivity contribution < 1.29 is 78.0 Å². The number of hydrogen-bond donors (Lipinski definition) is 1. The van der Waals surface area contributed by atoms with Crippen LogP contribution in [0.15, 0.2) is 130 Å². The van der Waals surface area contributed by atoms with Crippen molar-refractivity contribution in [2.75, 3.05) is 0 Å². The zero-order chi connectivity index (χ0) is 43.8. The van der Waals surface area contributed by atoms with Crippen molar-refractivity contribution in [3.05, 3.63) is 130 Å². The Hall–Kier alpha value is -4.64. The predicted octanol–water partition coefficient (Wildman–Crippen LogP) is 5.41. The van der Waals surface area contributed by atoms with E-state index in [1.807, 2.05) is 140 Å². The summed E-state index contributed by atoms with van der Waals surface area (Å²) in [6, 6.07) is 0. The Balaban J connectivity index is 0.0000174. The van der Waals surface area contributed by atoms with Gasteiger partial charge >= 0.3 is 47.5 Å². The van der Waals surface area contributed by atoms with Gasteiger partial charge in [-0.3, -0.25) is 24.0 Å². The molecule has 0 aromatic rings. The Labute approximate surface area is 371 Å². The van der Waals surface area contributed by atoms with Gasteiger partial charge < -0.3 is 24.5 Å². The van der Waals surface area contributed by atoms with Crippen LogP contribution in [-0.4, -0.2) is 52.8 Å². The smallest absolute Gasteiger partial charge is 0.550 e. The summed E-state index contributed by atoms with van der Waals surface area (Å²) >= 11 is 0. The first kappa shape index (κ1) is 52.4. The number of ether oxygens (including phenoxy) is 2. The van der Waals surface area contributed by atoms with Gasteiger partial charge in [-0.25, -0.2) is 0 Å². The summed E-state index contributed by atoms with van der Waals surface area (Å²) < 4.78 is 10.7. The molecule has 312 valence electrons. The second-order valence-corrected chi connectivity index (χ2v) is 16.1. The summed E-state index contributed by atoms with van der Waals surface area (Å²) in [6.07, 6.45) is 24.9. The van der Waals surface area contributed by atoms with Gasteiger partial charge in [-0.15, -0.1) is 0 Å². The summed E-state index contributed by atoms with van der Waals surface area (Å²) in [4.78, 5) is 71.5. The number of carbonyl (C=O) groups excluding carboxylic acids is 5. The van der Waals surface area contributed by atoms with E-state index in [0.717, 1.165) is 33.4 Å². The molecule has 0 saturated heterocycles. The van der Waals surface area contributed by atoms with E-state index in [1.165, 1.54) is 0 Å². The maximum Gasteiger partial charge on any atom is 1.00 e. The Kier molecular flexibility index (Phi) is 21.7. The van der Waals surface area contributed by atoms with E-state index in [-0.39, 0.29) is 60.4 Å². The van der Waals surface area contributed by atoms with Crippen molar-refractivity contribution in [1.82, 2.24) is 0 Å². The van der Waals surface area contributed by atoms with Crippen LogP contribution < -0.4 is 34.7 Å². The molecule has 0 unspecified atom stereocenters. The molecule has 0 radical (unpaired) electrons. The molecule has 0 aliphatic heterocycles. The fourth-order valence-corrected chi connectivity index (χ4v) is 6.61. The number of aliphatic carboxylic acids is 2. The summed E-state index contributed by atoms with van der Waals surface area (Å²) in [5.41, 5.74) is 5.97. The van der Waals surface area contributed by atoms with Crippen LogP contribution in [0, 0.1) is 10.8 Å². The van der Waals surface area contributed by atoms with E-state index in [4.69, 9.17) is 14.6 Å². The molecule has 2 rings (SSSR count). The van der Waals surface area contributed by atoms with Crippen LogP contribution >= 0.6 is 0 Å². The summed E-state index contributed by atoms with van der Waals surface area (Å²) in [5.74, 6) is -4.40. The van der Waals surface area contributed by atoms with Crippen molar-refractivity contribution in [3.63, 3.8) is 0 Å². The molecule has 2 aliphatic carbocycles. The number of hydrogen-bond acceptors (Lipinski definition) is 9. The molecule has 10 nitrogen and oxygen atoms in total. The van der Waals surface area contributed by atoms with Gasteiger partial charge in [-0.1, -0.05) is 135 Å². The summed E-state index contributed by atoms with van der Waals surface area (Å²) in [7, 11) is 0. The Morgan fingerprint density at radius 2 is 0.949 bits per heavy atom. The van der Waals surface area contributed by atoms with Crippen molar-refractivity contribution in [2.45, 2.75) is 120 Å². The van der Waals surface area contributed by atoms with Crippen LogP contribution in [0.5, 0.6) is 0 Å². The molecule has 0 aromatic heterocycles. The minimum Gasteiger partial charge on any atom is -0.550 e. The third-order valence-electron chi connectivity index (χ3n) is 9.90. The van der Waals surface area contributed by atoms with Gasteiger partial charge in [0.2, 0.25) is 0 Å². The van der Waals surface area contributed by atoms with E-state index in [1.54, 1.807) is 13.8 Å². The van der Waals surface area contributed by atoms with Crippen molar-refractivity contribution in [2.24, 2.45) is 10.8 Å². The van der Waals surface area contributed by atoms with Gasteiger partial charge in [0, 0.05) is 18.8 Å². The number of Topliss-reactive ketones (excluding diaryl/α,β-unsaturated/α-hetero) is 2. The van der Waals surface area contributed by atoms with Crippen LogP contribution in [0.25, 0.3) is 0 Å². The number of carbonyl (C=O) groups is 6. The number of allylic oxidation sites excluding steroid dienone is 20. The average molecular weight is 819 g/mol. The first-order valence-corrected chi connectivity index (χ1v) is 19.4. The third kappa shape index (κ3) is 18.0. The van der Waals surface area contributed by atoms with E-state index in [2.05, 4.69) is 0 Å². The SMILES string of the molecule is CC1=C(/C=C/C(C)=C/C=C/C(C)=C/C=C/C=C(C)/C=C/C=C(C)/C=C/C2=C(C)C(=O)[C@H](OC(=O)CCC(=O)O)CC2(C)C)C(C)(C)C[C@H](OC(=O)CCC(=O)[O-])C1=O.[Na+]. The monoisotopic (exact) mass is 818 g/mol. The number of carboxylic acid groups (broad SMARTS) is 2. The Bertz CT molecular complexity index is 1830. The molecule has 0 fully saturated rings. The van der Waals surface area contributed by atoms with Crippen molar-refractivity contribution >= 4 is 35.4 Å². The molecule has 0 heterocycles. The second kappa shape index (κ2) is 24.4. The maximum absolute atomic E-state index is 13.0. The fourth-order valence-electron chi connectivity index (χ4n) is 6.61. The third-order valence-corrected chi connectivity index (χ3v) is 9.90. The van der Waals surface area contributed by atoms with E-state index in [0.29, 0.717) is 24.0 Å². The fraction of sp³-hybridized carbons (Fsp3) is 0.417. The molecular formula is C48H59NaO10. The van der Waals surface area contributed by atoms with E-state index >= 15 is 0 Å². The van der Waals surface area contributed by atoms with Crippen LogP contribution in [0.4, 0.5) is 0 Å². The first-order chi connectivity index (χ1) is 27.0. The normalized spacial score (nSPS) is 20.7. The van der Waals surface area contributed by atoms with Gasteiger partial charge in [0.05, 0.1) is 19.3 Å². The molecule has 0 saturated carbocycles. The van der Waals surface area contributed by atoms with Gasteiger partial charge in [0.15, 0.2) is 23.8 Å². The summed E-state index contributed by atoms with van der Waals surface area (Å²) in [6.45, 7) is 19.3. The quantitative estimate of drug-likeness (QED) is 0.108. The predicted molar refractivity (Wildman–Crippen MR) is 224 cm³/mol. The van der Waals surface area contributed by atoms with Crippen molar-refractivity contribution in [1.29, 1.82) is 0 Å². The van der Waals surface area contributed by atoms with Crippen LogP contribution in [-0.2, 0) is 38.2 Å². The Morgan fingerprint density at radius 3 is 1.31 bits per heavy atom. The van der Waals surface area contributed by atoms with Gasteiger partial charge in [-0.05, 0) is 81.1 Å². The van der Waals surface area contributed by atoms with Crippen LogP contribution in [0.3, 0.4) is 0 Å². The number of rotatable bonds is 18. The first-order valence-electron chi connectivity index (χ1n) is 19.4. The van der Waals surface area contributed by atoms with E-state index < -0.39 is 53.3 Å². The zero-order valence-corrected chi connectivity index (χ0v) is 38.6. The van der Waals surface area contributed by atoms with Crippen molar-refractivity contribution in [3.8, 4) is 0 Å². The van der Waals surface area contributed by atoms with Gasteiger partial charge in [0.25, 0.3) is 0 Å². The minimum absolute atomic E-state index is 0. The molecule has 0 aromatic carbocycles. The largest absolute Gasteiger partial charge is 1.00 e. The standard InChI is InChI=1S/C48H60O10.Na/c1-31(17-13-19-33(3)21-23-37-35(5)45(55)39(29-47(37,7)8)57-43(53)27-25-41(49)50)15-11-12-16-32(2)18-14-20-34(4)22-24-38-36(6)46(56)40(30-48(38,9)10)58-44(54)28-26-42(51)52;/h11-24,39-40H,25-30H2,1-10H3,(H,49,50)(H,51,52);/q;+1/p-1/b12-11+,17-13+,18-14+,23-21+,24-22+,31-15+,32-16+,33-19+,34-20+;/t39-,40+;. The van der Waals surface area contributed by atoms with Crippen LogP contribution in [0.1, 0.15) is 108 Å².